The number of benzene rings is 2. The second kappa shape index (κ2) is 16.5. The Kier molecular flexibility index (Phi) is 13.5. The first-order valence-corrected chi connectivity index (χ1v) is 17.5. The van der Waals surface area contributed by atoms with Crippen LogP contribution in [0.2, 0.25) is 0 Å². The van der Waals surface area contributed by atoms with Crippen molar-refractivity contribution >= 4 is 38.6 Å². The number of hydrogen-bond donors (Lipinski definition) is 1. The van der Waals surface area contributed by atoms with Gasteiger partial charge in [-0.1, -0.05) is 97.7 Å². The molecule has 3 heterocycles. The van der Waals surface area contributed by atoms with Crippen molar-refractivity contribution in [3.05, 3.63) is 77.6 Å². The quantitative estimate of drug-likeness (QED) is 0.0903. The van der Waals surface area contributed by atoms with Crippen molar-refractivity contribution in [1.82, 2.24) is 15.0 Å². The SMILES string of the molecule is CCC(CC)C(=O)/C=C(\O)C(CC)CC.Cc1cc2c(C(C)(C)C)cc(-c3ncnc4c3oc3cc(CC(C)(C)C)ccc34)[c-]c2cn1.[Ir]. The van der Waals surface area contributed by atoms with E-state index < -0.39 is 0 Å². The Morgan fingerprint density at radius 3 is 2.14 bits per heavy atom. The molecule has 49 heavy (non-hydrogen) atoms. The summed E-state index contributed by atoms with van der Waals surface area (Å²) in [6.45, 7) is 23.5. The minimum absolute atomic E-state index is 0. The molecule has 0 spiro atoms. The molecule has 0 aliphatic carbocycles. The van der Waals surface area contributed by atoms with Gasteiger partial charge in [-0.3, -0.25) is 9.78 Å². The molecule has 0 aliphatic rings. The van der Waals surface area contributed by atoms with Crippen LogP contribution in [0, 0.1) is 30.2 Å². The van der Waals surface area contributed by atoms with Gasteiger partial charge in [0.25, 0.3) is 0 Å². The summed E-state index contributed by atoms with van der Waals surface area (Å²) in [5.74, 6) is 0.547. The van der Waals surface area contributed by atoms with Gasteiger partial charge in [0.1, 0.15) is 23.0 Å². The molecule has 0 amide bonds. The molecule has 5 aromatic rings. The zero-order valence-electron chi connectivity index (χ0n) is 31.2. The first kappa shape index (κ1) is 40.0. The molecule has 2 aromatic carbocycles. The summed E-state index contributed by atoms with van der Waals surface area (Å²) in [5.41, 5.74) is 7.73. The fraction of sp³-hybridized carbons (Fsp3) is 0.476. The van der Waals surface area contributed by atoms with E-state index in [1.807, 2.05) is 40.8 Å². The summed E-state index contributed by atoms with van der Waals surface area (Å²) in [4.78, 5) is 25.4. The molecule has 0 saturated heterocycles. The summed E-state index contributed by atoms with van der Waals surface area (Å²) < 4.78 is 6.39. The predicted molar refractivity (Wildman–Crippen MR) is 199 cm³/mol. The van der Waals surface area contributed by atoms with Crippen LogP contribution in [-0.4, -0.2) is 25.8 Å². The molecular weight excluding hydrogens is 787 g/mol. The molecule has 6 nitrogen and oxygen atoms in total. The number of aliphatic hydroxyl groups excluding tert-OH is 1. The normalized spacial score (nSPS) is 12.5. The smallest absolute Gasteiger partial charge is 0.162 e. The van der Waals surface area contributed by atoms with E-state index >= 15 is 0 Å². The van der Waals surface area contributed by atoms with Gasteiger partial charge in [-0.15, -0.1) is 17.7 Å². The number of aryl methyl sites for hydroxylation is 1. The number of pyridine rings is 1. The molecule has 3 aromatic heterocycles. The van der Waals surface area contributed by atoms with Gasteiger partial charge in [-0.05, 0) is 73.8 Å². The third kappa shape index (κ3) is 9.64. The largest absolute Gasteiger partial charge is 0.512 e. The molecule has 5 rings (SSSR count). The average molecular weight is 841 g/mol. The van der Waals surface area contributed by atoms with Crippen molar-refractivity contribution in [3.8, 4) is 11.3 Å². The van der Waals surface area contributed by atoms with Crippen molar-refractivity contribution in [1.29, 1.82) is 0 Å². The average Bonchev–Trinajstić information content (AvgIpc) is 3.38. The minimum atomic E-state index is -0.0439. The fourth-order valence-electron chi connectivity index (χ4n) is 6.35. The summed E-state index contributed by atoms with van der Waals surface area (Å²) in [6.07, 6.45) is 9.42. The number of aromatic nitrogens is 3. The Balaban J connectivity index is 0.000000347. The van der Waals surface area contributed by atoms with Gasteiger partial charge >= 0.3 is 0 Å². The Labute approximate surface area is 306 Å². The van der Waals surface area contributed by atoms with E-state index in [1.54, 1.807) is 6.33 Å². The van der Waals surface area contributed by atoms with E-state index in [-0.39, 0.29) is 54.3 Å². The maximum atomic E-state index is 11.7. The topological polar surface area (TPSA) is 89.1 Å². The van der Waals surface area contributed by atoms with Crippen LogP contribution in [0.15, 0.2) is 59.1 Å². The number of rotatable bonds is 9. The van der Waals surface area contributed by atoms with Gasteiger partial charge < -0.3 is 14.5 Å². The van der Waals surface area contributed by atoms with Crippen LogP contribution in [0.5, 0.6) is 0 Å². The van der Waals surface area contributed by atoms with Crippen LogP contribution in [0.1, 0.15) is 112 Å². The molecule has 0 aliphatic heterocycles. The number of aliphatic hydroxyl groups is 1. The Morgan fingerprint density at radius 1 is 0.898 bits per heavy atom. The van der Waals surface area contributed by atoms with Gasteiger partial charge in [0.05, 0.1) is 11.5 Å². The number of allylic oxidation sites excluding steroid dienone is 2. The molecule has 0 atom stereocenters. The van der Waals surface area contributed by atoms with Gasteiger partial charge in [-0.25, -0.2) is 4.98 Å². The summed E-state index contributed by atoms with van der Waals surface area (Å²) in [5, 5.41) is 12.9. The zero-order chi connectivity index (χ0) is 35.4. The number of fused-ring (bicyclic) bond motifs is 4. The van der Waals surface area contributed by atoms with Crippen molar-refractivity contribution < 1.29 is 34.4 Å². The fourth-order valence-corrected chi connectivity index (χ4v) is 6.35. The predicted octanol–water partition coefficient (Wildman–Crippen LogP) is 11.5. The number of hydrogen-bond acceptors (Lipinski definition) is 6. The first-order valence-electron chi connectivity index (χ1n) is 17.5. The number of nitrogens with zero attached hydrogens (tertiary/aromatic N) is 3. The van der Waals surface area contributed by atoms with E-state index in [9.17, 15) is 9.90 Å². The Morgan fingerprint density at radius 2 is 1.55 bits per heavy atom. The van der Waals surface area contributed by atoms with Crippen LogP contribution in [0.25, 0.3) is 44.1 Å². The summed E-state index contributed by atoms with van der Waals surface area (Å²) in [6, 6.07) is 14.3. The van der Waals surface area contributed by atoms with Crippen LogP contribution in [-0.2, 0) is 36.7 Å². The second-order valence-corrected chi connectivity index (χ2v) is 15.3. The van der Waals surface area contributed by atoms with E-state index in [0.29, 0.717) is 5.58 Å². The summed E-state index contributed by atoms with van der Waals surface area (Å²) in [7, 11) is 0. The van der Waals surface area contributed by atoms with Gasteiger partial charge in [-0.2, -0.15) is 0 Å². The van der Waals surface area contributed by atoms with E-state index in [1.165, 1.54) is 22.6 Å². The van der Waals surface area contributed by atoms with Crippen molar-refractivity contribution in [2.75, 3.05) is 0 Å². The third-order valence-corrected chi connectivity index (χ3v) is 9.09. The Bertz CT molecular complexity index is 1920. The van der Waals surface area contributed by atoms with Crippen LogP contribution in [0.3, 0.4) is 0 Å². The molecule has 1 N–H and O–H groups in total. The molecular formula is C42H54IrN3O3-. The van der Waals surface area contributed by atoms with Crippen LogP contribution >= 0.6 is 0 Å². The third-order valence-electron chi connectivity index (χ3n) is 9.09. The number of furan rings is 1. The number of carbonyl (C=O) groups is 1. The van der Waals surface area contributed by atoms with Crippen molar-refractivity contribution in [2.24, 2.45) is 17.3 Å². The minimum Gasteiger partial charge on any atom is -0.512 e. The molecule has 265 valence electrons. The Hall–Kier alpha value is -3.41. The molecule has 0 fully saturated rings. The standard InChI is InChI=1S/C29H30N3O.C13H24O2.Ir/c1-17-10-22-20(15-30-17)12-19(13-23(22)29(5,6)7)25-27-26(32-16-31-25)21-9-8-18(11-24(21)33-27)14-28(2,3)4;1-5-10(6-2)12(14)9-13(15)11(7-3)8-4;/h8-11,13,15-16H,14H2,1-7H3;9-11,14H,5-8H2,1-4H3;/q-1;;/b;12-9-;. The first-order chi connectivity index (χ1) is 22.6. The number of carbonyl (C=O) groups excluding carboxylic acids is 1. The van der Waals surface area contributed by atoms with Gasteiger partial charge in [0.15, 0.2) is 5.78 Å². The van der Waals surface area contributed by atoms with E-state index in [0.717, 1.165) is 70.9 Å². The number of ketones is 1. The molecule has 0 unspecified atom stereocenters. The van der Waals surface area contributed by atoms with Crippen LogP contribution < -0.4 is 0 Å². The summed E-state index contributed by atoms with van der Waals surface area (Å²) >= 11 is 0. The maximum absolute atomic E-state index is 11.7. The van der Waals surface area contributed by atoms with E-state index in [4.69, 9.17) is 4.42 Å². The molecule has 7 heteroatoms. The van der Waals surface area contributed by atoms with Gasteiger partial charge in [0.2, 0.25) is 0 Å². The molecule has 0 bridgehead atoms. The monoisotopic (exact) mass is 841 g/mol. The maximum Gasteiger partial charge on any atom is 0.162 e. The van der Waals surface area contributed by atoms with Gasteiger partial charge in [0, 0.05) is 49.1 Å². The second-order valence-electron chi connectivity index (χ2n) is 15.3. The molecule has 0 saturated carbocycles. The molecule has 1 radical (unpaired) electrons. The van der Waals surface area contributed by atoms with Crippen molar-refractivity contribution in [3.63, 3.8) is 0 Å². The van der Waals surface area contributed by atoms with Crippen LogP contribution in [0.4, 0.5) is 0 Å². The van der Waals surface area contributed by atoms with E-state index in [2.05, 4.69) is 92.9 Å². The van der Waals surface area contributed by atoms with Crippen molar-refractivity contribution in [2.45, 2.75) is 114 Å². The zero-order valence-corrected chi connectivity index (χ0v) is 33.6.